The Hall–Kier alpha value is -1.92. The molecular formula is C14H13ClN4OS. The molecule has 0 aliphatic carbocycles. The maximum absolute atomic E-state index is 11.6. The molecule has 5 nitrogen and oxygen atoms in total. The van der Waals surface area contributed by atoms with Crippen LogP contribution >= 0.6 is 23.4 Å². The summed E-state index contributed by atoms with van der Waals surface area (Å²) in [6.07, 6.45) is 1.59. The van der Waals surface area contributed by atoms with Gasteiger partial charge in [-0.25, -0.2) is 15.4 Å². The number of carbonyl (C=O) groups excluding carboxylic acids is 1. The van der Waals surface area contributed by atoms with Crippen LogP contribution in [0.15, 0.2) is 46.7 Å². The van der Waals surface area contributed by atoms with E-state index in [4.69, 9.17) is 11.6 Å². The highest BCUT2D eigenvalue weighted by molar-refractivity contribution is 7.99. The summed E-state index contributed by atoms with van der Waals surface area (Å²) in [5, 5.41) is 4.73. The van der Waals surface area contributed by atoms with E-state index in [9.17, 15) is 4.79 Å². The average molecular weight is 321 g/mol. The van der Waals surface area contributed by atoms with Crippen LogP contribution in [0.3, 0.4) is 0 Å². The molecule has 21 heavy (non-hydrogen) atoms. The van der Waals surface area contributed by atoms with E-state index in [0.29, 0.717) is 10.3 Å². The maximum Gasteiger partial charge on any atom is 0.250 e. The summed E-state index contributed by atoms with van der Waals surface area (Å²) >= 11 is 7.04. The summed E-state index contributed by atoms with van der Waals surface area (Å²) in [5.41, 5.74) is 4.13. The molecule has 0 aliphatic heterocycles. The maximum atomic E-state index is 11.6. The van der Waals surface area contributed by atoms with E-state index in [0.717, 1.165) is 11.3 Å². The smallest absolute Gasteiger partial charge is 0.250 e. The van der Waals surface area contributed by atoms with E-state index in [2.05, 4.69) is 20.5 Å². The molecule has 0 aliphatic rings. The third-order valence-corrected chi connectivity index (χ3v) is 3.38. The van der Waals surface area contributed by atoms with Gasteiger partial charge in [-0.1, -0.05) is 53.7 Å². The van der Waals surface area contributed by atoms with Gasteiger partial charge in [-0.3, -0.25) is 4.79 Å². The number of rotatable bonds is 5. The number of hydrogen-bond donors (Lipinski definition) is 1. The van der Waals surface area contributed by atoms with Crippen molar-refractivity contribution in [1.29, 1.82) is 0 Å². The number of hydrazone groups is 1. The van der Waals surface area contributed by atoms with Gasteiger partial charge in [0.1, 0.15) is 5.15 Å². The quantitative estimate of drug-likeness (QED) is 0.302. The van der Waals surface area contributed by atoms with E-state index in [1.807, 2.05) is 37.3 Å². The zero-order chi connectivity index (χ0) is 15.1. The van der Waals surface area contributed by atoms with E-state index in [1.165, 1.54) is 11.8 Å². The third-order valence-electron chi connectivity index (χ3n) is 2.34. The number of thioether (sulfide) groups is 1. The number of aryl methyl sites for hydroxylation is 1. The lowest BCUT2D eigenvalue weighted by atomic mass is 10.2. The van der Waals surface area contributed by atoms with E-state index in [1.54, 1.807) is 12.3 Å². The van der Waals surface area contributed by atoms with Crippen molar-refractivity contribution in [2.45, 2.75) is 12.1 Å². The van der Waals surface area contributed by atoms with Crippen LogP contribution in [0.5, 0.6) is 0 Å². The lowest BCUT2D eigenvalue weighted by Crippen LogP contribution is -2.19. The van der Waals surface area contributed by atoms with Gasteiger partial charge in [-0.2, -0.15) is 5.10 Å². The second-order valence-corrected chi connectivity index (χ2v) is 5.44. The molecule has 2 rings (SSSR count). The van der Waals surface area contributed by atoms with Crippen molar-refractivity contribution >= 4 is 35.5 Å². The van der Waals surface area contributed by atoms with Crippen molar-refractivity contribution in [3.05, 3.63) is 52.8 Å². The molecule has 0 fully saturated rings. The predicted octanol–water partition coefficient (Wildman–Crippen LogP) is 2.68. The fourth-order valence-electron chi connectivity index (χ4n) is 1.45. The number of nitrogens with one attached hydrogen (secondary N) is 1. The summed E-state index contributed by atoms with van der Waals surface area (Å²) in [4.78, 5) is 19.9. The summed E-state index contributed by atoms with van der Waals surface area (Å²) < 4.78 is 0. The number of halogens is 1. The van der Waals surface area contributed by atoms with Gasteiger partial charge < -0.3 is 0 Å². The Morgan fingerprint density at radius 2 is 2.14 bits per heavy atom. The van der Waals surface area contributed by atoms with Gasteiger partial charge in [0.15, 0.2) is 5.16 Å². The van der Waals surface area contributed by atoms with Gasteiger partial charge in [0, 0.05) is 5.69 Å². The first kappa shape index (κ1) is 15.5. The Morgan fingerprint density at radius 1 is 1.38 bits per heavy atom. The molecule has 0 saturated heterocycles. The Balaban J connectivity index is 1.81. The van der Waals surface area contributed by atoms with Crippen molar-refractivity contribution < 1.29 is 4.79 Å². The number of hydrogen-bond acceptors (Lipinski definition) is 5. The van der Waals surface area contributed by atoms with Crippen LogP contribution in [0.2, 0.25) is 5.15 Å². The van der Waals surface area contributed by atoms with Crippen molar-refractivity contribution in [3.63, 3.8) is 0 Å². The van der Waals surface area contributed by atoms with Gasteiger partial charge in [-0.05, 0) is 18.6 Å². The predicted molar refractivity (Wildman–Crippen MR) is 84.7 cm³/mol. The first-order valence-electron chi connectivity index (χ1n) is 6.14. The lowest BCUT2D eigenvalue weighted by molar-refractivity contribution is -0.118. The zero-order valence-corrected chi connectivity index (χ0v) is 12.9. The van der Waals surface area contributed by atoms with Crippen LogP contribution in [-0.4, -0.2) is 27.8 Å². The highest BCUT2D eigenvalue weighted by Gasteiger charge is 2.05. The summed E-state index contributed by atoms with van der Waals surface area (Å²) in [6, 6.07) is 11.2. The minimum Gasteiger partial charge on any atom is -0.272 e. The van der Waals surface area contributed by atoms with E-state index >= 15 is 0 Å². The minimum absolute atomic E-state index is 0.173. The van der Waals surface area contributed by atoms with Crippen molar-refractivity contribution in [3.8, 4) is 0 Å². The van der Waals surface area contributed by atoms with E-state index < -0.39 is 0 Å². The lowest BCUT2D eigenvalue weighted by Gasteiger charge is -2.01. The van der Waals surface area contributed by atoms with E-state index in [-0.39, 0.29) is 11.7 Å². The van der Waals surface area contributed by atoms with Crippen LogP contribution in [0.25, 0.3) is 0 Å². The highest BCUT2D eigenvalue weighted by Crippen LogP contribution is 2.16. The van der Waals surface area contributed by atoms with Crippen molar-refractivity contribution in [1.82, 2.24) is 15.4 Å². The molecule has 1 heterocycles. The Kier molecular flexibility index (Phi) is 5.71. The molecule has 0 spiro atoms. The minimum atomic E-state index is -0.228. The molecule has 0 atom stereocenters. The van der Waals surface area contributed by atoms with Crippen LogP contribution in [0, 0.1) is 6.92 Å². The monoisotopic (exact) mass is 320 g/mol. The Labute approximate surface area is 131 Å². The molecule has 0 radical (unpaired) electrons. The number of carbonyl (C=O) groups is 1. The number of benzene rings is 1. The highest BCUT2D eigenvalue weighted by atomic mass is 35.5. The molecule has 1 aromatic heterocycles. The average Bonchev–Trinajstić information content (AvgIpc) is 2.45. The molecule has 7 heteroatoms. The topological polar surface area (TPSA) is 67.2 Å². The molecular weight excluding hydrogens is 308 g/mol. The van der Waals surface area contributed by atoms with Crippen LogP contribution < -0.4 is 5.43 Å². The number of aromatic nitrogens is 2. The van der Waals surface area contributed by atoms with Crippen LogP contribution in [0.4, 0.5) is 0 Å². The summed E-state index contributed by atoms with van der Waals surface area (Å²) in [7, 11) is 0. The summed E-state index contributed by atoms with van der Waals surface area (Å²) in [5.74, 6) is -0.0558. The first-order valence-corrected chi connectivity index (χ1v) is 7.51. The second kappa shape index (κ2) is 7.75. The van der Waals surface area contributed by atoms with Gasteiger partial charge >= 0.3 is 0 Å². The summed E-state index contributed by atoms with van der Waals surface area (Å²) in [6.45, 7) is 1.82. The first-order chi connectivity index (χ1) is 10.1. The van der Waals surface area contributed by atoms with Crippen LogP contribution in [-0.2, 0) is 4.79 Å². The number of nitrogens with zero attached hydrogens (tertiary/aromatic N) is 3. The molecule has 0 saturated carbocycles. The molecule has 0 bridgehead atoms. The Bertz CT molecular complexity index is 628. The second-order valence-electron chi connectivity index (χ2n) is 4.11. The standard InChI is InChI=1S/C14H13ClN4OS/c1-10-7-12(15)18-14(17-10)21-9-13(20)19-16-8-11-5-3-2-4-6-11/h2-8H,9H2,1H3,(H,19,20). The van der Waals surface area contributed by atoms with Gasteiger partial charge in [0.05, 0.1) is 12.0 Å². The molecule has 1 amide bonds. The molecule has 1 N–H and O–H groups in total. The molecule has 1 aromatic carbocycles. The normalized spacial score (nSPS) is 10.8. The van der Waals surface area contributed by atoms with Gasteiger partial charge in [0.2, 0.25) is 0 Å². The van der Waals surface area contributed by atoms with Crippen molar-refractivity contribution in [2.75, 3.05) is 5.75 Å². The third kappa shape index (κ3) is 5.53. The molecule has 2 aromatic rings. The molecule has 0 unspecified atom stereocenters. The van der Waals surface area contributed by atoms with Crippen LogP contribution in [0.1, 0.15) is 11.3 Å². The largest absolute Gasteiger partial charge is 0.272 e. The van der Waals surface area contributed by atoms with Gasteiger partial charge in [0.25, 0.3) is 5.91 Å². The zero-order valence-electron chi connectivity index (χ0n) is 11.3. The molecule has 108 valence electrons. The number of amides is 1. The fraction of sp³-hybridized carbons (Fsp3) is 0.143. The SMILES string of the molecule is Cc1cc(Cl)nc(SCC(=O)NN=Cc2ccccc2)n1. The van der Waals surface area contributed by atoms with Crippen molar-refractivity contribution in [2.24, 2.45) is 5.10 Å². The fourth-order valence-corrected chi connectivity index (χ4v) is 2.43. The Morgan fingerprint density at radius 3 is 2.86 bits per heavy atom. The van der Waals surface area contributed by atoms with Gasteiger partial charge in [-0.15, -0.1) is 0 Å².